The zero-order valence-electron chi connectivity index (χ0n) is 15.0. The van der Waals surface area contributed by atoms with Crippen LogP contribution in [0.1, 0.15) is 28.9 Å². The maximum Gasteiger partial charge on any atom is 0.276 e. The van der Waals surface area contributed by atoms with Crippen LogP contribution in [0, 0.1) is 6.92 Å². The molecule has 1 aliphatic rings. The summed E-state index contributed by atoms with van der Waals surface area (Å²) in [4.78, 5) is 23.4. The maximum atomic E-state index is 12.7. The molecule has 26 heavy (non-hydrogen) atoms. The summed E-state index contributed by atoms with van der Waals surface area (Å²) in [7, 11) is 3.11. The number of benzene rings is 1. The number of amides is 1. The summed E-state index contributed by atoms with van der Waals surface area (Å²) in [6, 6.07) is 3.51. The second kappa shape index (κ2) is 7.78. The molecule has 3 rings (SSSR count). The minimum absolute atomic E-state index is 0.151. The molecule has 1 aromatic heterocycles. The van der Waals surface area contributed by atoms with Crippen molar-refractivity contribution in [2.24, 2.45) is 0 Å². The van der Waals surface area contributed by atoms with Crippen LogP contribution in [0.15, 0.2) is 18.3 Å². The van der Waals surface area contributed by atoms with Crippen LogP contribution >= 0.6 is 11.6 Å². The number of rotatable bonds is 5. The van der Waals surface area contributed by atoms with E-state index in [1.54, 1.807) is 26.4 Å². The van der Waals surface area contributed by atoms with Crippen LogP contribution < -0.4 is 19.7 Å². The normalized spacial score (nSPS) is 13.6. The van der Waals surface area contributed by atoms with Gasteiger partial charge in [-0.15, -0.1) is 0 Å². The van der Waals surface area contributed by atoms with Crippen molar-refractivity contribution >= 4 is 29.1 Å². The van der Waals surface area contributed by atoms with Gasteiger partial charge in [0.05, 0.1) is 25.4 Å². The van der Waals surface area contributed by atoms with Gasteiger partial charge in [0.1, 0.15) is 0 Å². The maximum absolute atomic E-state index is 12.7. The molecule has 1 saturated heterocycles. The number of carbonyl (C=O) groups excluding carboxylic acids is 1. The lowest BCUT2D eigenvalue weighted by Crippen LogP contribution is -2.23. The molecule has 0 bridgehead atoms. The smallest absolute Gasteiger partial charge is 0.276 e. The van der Waals surface area contributed by atoms with Gasteiger partial charge in [-0.2, -0.15) is 0 Å². The summed E-state index contributed by atoms with van der Waals surface area (Å²) in [5.41, 5.74) is 1.59. The first-order valence-electron chi connectivity index (χ1n) is 8.35. The molecule has 0 radical (unpaired) electrons. The molecule has 0 saturated carbocycles. The number of nitrogens with one attached hydrogen (secondary N) is 1. The summed E-state index contributed by atoms with van der Waals surface area (Å²) >= 11 is 6.16. The van der Waals surface area contributed by atoms with Crippen molar-refractivity contribution in [2.75, 3.05) is 37.5 Å². The molecular weight excluding hydrogens is 356 g/mol. The van der Waals surface area contributed by atoms with Crippen LogP contribution in [0.5, 0.6) is 11.5 Å². The van der Waals surface area contributed by atoms with E-state index in [1.165, 1.54) is 6.20 Å². The number of carbonyl (C=O) groups is 1. The molecular formula is C18H21ClN4O3. The number of nitrogens with zero attached hydrogens (tertiary/aromatic N) is 3. The average molecular weight is 377 g/mol. The Morgan fingerprint density at radius 1 is 1.19 bits per heavy atom. The van der Waals surface area contributed by atoms with Crippen molar-refractivity contribution in [1.82, 2.24) is 9.97 Å². The fraction of sp³-hybridized carbons (Fsp3) is 0.389. The molecule has 1 fully saturated rings. The van der Waals surface area contributed by atoms with E-state index < -0.39 is 5.91 Å². The van der Waals surface area contributed by atoms with E-state index in [4.69, 9.17) is 21.1 Å². The van der Waals surface area contributed by atoms with E-state index in [9.17, 15) is 4.79 Å². The fourth-order valence-electron chi connectivity index (χ4n) is 2.88. The van der Waals surface area contributed by atoms with Gasteiger partial charge in [0.25, 0.3) is 5.91 Å². The Morgan fingerprint density at radius 2 is 1.85 bits per heavy atom. The largest absolute Gasteiger partial charge is 0.493 e. The molecule has 138 valence electrons. The number of aryl methyl sites for hydroxylation is 1. The van der Waals surface area contributed by atoms with Crippen LogP contribution in [0.25, 0.3) is 0 Å². The molecule has 2 aromatic rings. The average Bonchev–Trinajstić information content (AvgIpc) is 3.18. The lowest BCUT2D eigenvalue weighted by atomic mass is 10.1. The number of hydrogen-bond acceptors (Lipinski definition) is 6. The highest BCUT2D eigenvalue weighted by atomic mass is 35.5. The van der Waals surface area contributed by atoms with Gasteiger partial charge in [-0.1, -0.05) is 11.6 Å². The summed E-state index contributed by atoms with van der Waals surface area (Å²) in [6.07, 6.45) is 3.66. The van der Waals surface area contributed by atoms with Crippen molar-refractivity contribution in [3.05, 3.63) is 34.6 Å². The number of ether oxygens (including phenoxy) is 2. The molecule has 1 aromatic carbocycles. The van der Waals surface area contributed by atoms with Crippen LogP contribution in [0.4, 0.5) is 11.6 Å². The second-order valence-corrected chi connectivity index (χ2v) is 6.44. The van der Waals surface area contributed by atoms with E-state index >= 15 is 0 Å². The highest BCUT2D eigenvalue weighted by Gasteiger charge is 2.20. The number of hydrogen-bond donors (Lipinski definition) is 1. The standard InChI is InChI=1S/C18H21ClN4O3/c1-11-8-14(25-2)15(26-3)9-13(11)21-17(24)16-12(19)10-20-18(22-16)23-6-4-5-7-23/h8-10H,4-7H2,1-3H3,(H,21,24). The van der Waals surface area contributed by atoms with E-state index in [0.717, 1.165) is 31.5 Å². The third-order valence-electron chi connectivity index (χ3n) is 4.31. The topological polar surface area (TPSA) is 76.6 Å². The molecule has 0 unspecified atom stereocenters. The van der Waals surface area contributed by atoms with Gasteiger partial charge in [-0.25, -0.2) is 9.97 Å². The number of halogens is 1. The van der Waals surface area contributed by atoms with E-state index in [-0.39, 0.29) is 10.7 Å². The molecule has 1 amide bonds. The van der Waals surface area contributed by atoms with Crippen LogP contribution in [-0.4, -0.2) is 43.2 Å². The molecule has 1 aliphatic heterocycles. The minimum Gasteiger partial charge on any atom is -0.493 e. The van der Waals surface area contributed by atoms with Crippen molar-refractivity contribution in [1.29, 1.82) is 0 Å². The summed E-state index contributed by atoms with van der Waals surface area (Å²) < 4.78 is 10.6. The molecule has 0 aliphatic carbocycles. The summed E-state index contributed by atoms with van der Waals surface area (Å²) in [5, 5.41) is 3.06. The Kier molecular flexibility index (Phi) is 5.46. The number of aromatic nitrogens is 2. The lowest BCUT2D eigenvalue weighted by molar-refractivity contribution is 0.102. The van der Waals surface area contributed by atoms with E-state index in [1.807, 2.05) is 6.92 Å². The van der Waals surface area contributed by atoms with Gasteiger partial charge in [0.15, 0.2) is 17.2 Å². The third-order valence-corrected chi connectivity index (χ3v) is 4.59. The predicted octanol–water partition coefficient (Wildman–Crippen LogP) is 3.31. The second-order valence-electron chi connectivity index (χ2n) is 6.04. The van der Waals surface area contributed by atoms with Crippen molar-refractivity contribution in [3.63, 3.8) is 0 Å². The van der Waals surface area contributed by atoms with Crippen molar-refractivity contribution in [2.45, 2.75) is 19.8 Å². The Hall–Kier alpha value is -2.54. The Balaban J connectivity index is 1.87. The monoisotopic (exact) mass is 376 g/mol. The van der Waals surface area contributed by atoms with Gasteiger partial charge < -0.3 is 19.7 Å². The van der Waals surface area contributed by atoms with E-state index in [2.05, 4.69) is 20.2 Å². The van der Waals surface area contributed by atoms with Gasteiger partial charge >= 0.3 is 0 Å². The first kappa shape index (κ1) is 18.3. The first-order valence-corrected chi connectivity index (χ1v) is 8.72. The van der Waals surface area contributed by atoms with Crippen LogP contribution in [-0.2, 0) is 0 Å². The van der Waals surface area contributed by atoms with Gasteiger partial charge in [-0.05, 0) is 31.4 Å². The van der Waals surface area contributed by atoms with Crippen molar-refractivity contribution in [3.8, 4) is 11.5 Å². The molecule has 0 spiro atoms. The molecule has 1 N–H and O–H groups in total. The van der Waals surface area contributed by atoms with Crippen molar-refractivity contribution < 1.29 is 14.3 Å². The van der Waals surface area contributed by atoms with Gasteiger partial charge in [-0.3, -0.25) is 4.79 Å². The van der Waals surface area contributed by atoms with Gasteiger partial charge in [0, 0.05) is 24.8 Å². The molecule has 7 nitrogen and oxygen atoms in total. The Labute approximate surface area is 157 Å². The first-order chi connectivity index (χ1) is 12.5. The number of anilines is 2. The Morgan fingerprint density at radius 3 is 2.50 bits per heavy atom. The third kappa shape index (κ3) is 3.67. The van der Waals surface area contributed by atoms with Crippen LogP contribution in [0.2, 0.25) is 5.02 Å². The zero-order valence-corrected chi connectivity index (χ0v) is 15.8. The highest BCUT2D eigenvalue weighted by molar-refractivity contribution is 6.34. The lowest BCUT2D eigenvalue weighted by Gasteiger charge is -2.17. The summed E-state index contributed by atoms with van der Waals surface area (Å²) in [5.74, 6) is 1.26. The quantitative estimate of drug-likeness (QED) is 0.862. The molecule has 0 atom stereocenters. The fourth-order valence-corrected chi connectivity index (χ4v) is 3.06. The molecule has 2 heterocycles. The van der Waals surface area contributed by atoms with Gasteiger partial charge in [0.2, 0.25) is 5.95 Å². The number of methoxy groups -OCH3 is 2. The zero-order chi connectivity index (χ0) is 18.7. The Bertz CT molecular complexity index is 822. The summed E-state index contributed by atoms with van der Waals surface area (Å²) in [6.45, 7) is 3.64. The van der Waals surface area contributed by atoms with Crippen LogP contribution in [0.3, 0.4) is 0 Å². The minimum atomic E-state index is -0.395. The molecule has 8 heteroatoms. The highest BCUT2D eigenvalue weighted by Crippen LogP contribution is 2.33. The predicted molar refractivity (Wildman–Crippen MR) is 101 cm³/mol. The van der Waals surface area contributed by atoms with E-state index in [0.29, 0.717) is 23.1 Å². The SMILES string of the molecule is COc1cc(C)c(NC(=O)c2nc(N3CCCC3)ncc2Cl)cc1OC.